The fraction of sp³-hybridized carbons (Fsp3) is 0.400. The summed E-state index contributed by atoms with van der Waals surface area (Å²) in [6, 6.07) is 0.517. The van der Waals surface area contributed by atoms with E-state index in [4.69, 9.17) is 5.11 Å². The highest BCUT2D eigenvalue weighted by atomic mass is 19.2. The van der Waals surface area contributed by atoms with Gasteiger partial charge in [-0.3, -0.25) is 0 Å². The van der Waals surface area contributed by atoms with E-state index in [0.29, 0.717) is 12.6 Å². The zero-order valence-electron chi connectivity index (χ0n) is 8.23. The molecule has 2 N–H and O–H groups in total. The van der Waals surface area contributed by atoms with Crippen LogP contribution in [0.4, 0.5) is 13.2 Å². The van der Waals surface area contributed by atoms with Gasteiger partial charge >= 0.3 is 0 Å². The van der Waals surface area contributed by atoms with Gasteiger partial charge in [0.05, 0.1) is 12.6 Å². The van der Waals surface area contributed by atoms with Crippen LogP contribution >= 0.6 is 0 Å². The van der Waals surface area contributed by atoms with Gasteiger partial charge in [0.25, 0.3) is 0 Å². The first-order valence-electron chi connectivity index (χ1n) is 4.58. The van der Waals surface area contributed by atoms with E-state index in [1.54, 1.807) is 6.92 Å². The summed E-state index contributed by atoms with van der Waals surface area (Å²) >= 11 is 0. The number of hydrogen-bond donors (Lipinski definition) is 2. The van der Waals surface area contributed by atoms with E-state index < -0.39 is 23.5 Å². The molecule has 2 nitrogen and oxygen atoms in total. The van der Waals surface area contributed by atoms with Crippen LogP contribution in [0, 0.1) is 17.5 Å². The molecule has 15 heavy (non-hydrogen) atoms. The Morgan fingerprint density at radius 1 is 1.20 bits per heavy atom. The Morgan fingerprint density at radius 2 is 1.80 bits per heavy atom. The van der Waals surface area contributed by atoms with E-state index in [0.717, 1.165) is 6.07 Å². The van der Waals surface area contributed by atoms with Crippen LogP contribution in [-0.4, -0.2) is 18.3 Å². The van der Waals surface area contributed by atoms with Crippen LogP contribution in [0.2, 0.25) is 0 Å². The van der Waals surface area contributed by atoms with Gasteiger partial charge in [-0.05, 0) is 12.6 Å². The van der Waals surface area contributed by atoms with Crippen molar-refractivity contribution < 1.29 is 18.3 Å². The van der Waals surface area contributed by atoms with Gasteiger partial charge in [-0.15, -0.1) is 0 Å². The highest BCUT2D eigenvalue weighted by molar-refractivity contribution is 5.23. The molecule has 1 unspecified atom stereocenters. The second-order valence-corrected chi connectivity index (χ2v) is 3.08. The quantitative estimate of drug-likeness (QED) is 0.756. The molecule has 0 saturated carbocycles. The average molecular weight is 219 g/mol. The minimum Gasteiger partial charge on any atom is -0.394 e. The summed E-state index contributed by atoms with van der Waals surface area (Å²) in [5, 5.41) is 11.7. The number of halogens is 3. The Bertz CT molecular complexity index is 344. The lowest BCUT2D eigenvalue weighted by molar-refractivity contribution is 0.242. The molecule has 0 bridgehead atoms. The Kier molecular flexibility index (Phi) is 4.11. The van der Waals surface area contributed by atoms with Gasteiger partial charge in [-0.2, -0.15) is 0 Å². The number of rotatable bonds is 4. The highest BCUT2D eigenvalue weighted by Crippen LogP contribution is 2.20. The third-order valence-corrected chi connectivity index (χ3v) is 2.05. The first kappa shape index (κ1) is 12.0. The fourth-order valence-corrected chi connectivity index (χ4v) is 1.32. The fourth-order valence-electron chi connectivity index (χ4n) is 1.32. The maximum absolute atomic E-state index is 13.2. The van der Waals surface area contributed by atoms with Crippen LogP contribution in [0.1, 0.15) is 18.5 Å². The standard InChI is InChI=1S/C10H12F3NO/c1-2-14-10(5-15)6-3-8(12)9(13)4-7(6)11/h3-4,10,14-15H,2,5H2,1H3. The molecule has 0 aliphatic heterocycles. The van der Waals surface area contributed by atoms with E-state index >= 15 is 0 Å². The van der Waals surface area contributed by atoms with Gasteiger partial charge in [0, 0.05) is 11.6 Å². The van der Waals surface area contributed by atoms with Crippen molar-refractivity contribution in [2.24, 2.45) is 0 Å². The molecule has 0 aliphatic carbocycles. The largest absolute Gasteiger partial charge is 0.394 e. The van der Waals surface area contributed by atoms with Gasteiger partial charge in [-0.25, -0.2) is 13.2 Å². The maximum Gasteiger partial charge on any atom is 0.161 e. The second-order valence-electron chi connectivity index (χ2n) is 3.08. The van der Waals surface area contributed by atoms with E-state index in [1.165, 1.54) is 0 Å². The third kappa shape index (κ3) is 2.70. The first-order chi connectivity index (χ1) is 7.10. The molecular formula is C10H12F3NO. The van der Waals surface area contributed by atoms with E-state index in [-0.39, 0.29) is 12.2 Å². The summed E-state index contributed by atoms with van der Waals surface area (Å²) in [5.41, 5.74) is -0.0711. The second kappa shape index (κ2) is 5.14. The Hall–Kier alpha value is -1.07. The molecule has 0 spiro atoms. The maximum atomic E-state index is 13.2. The smallest absolute Gasteiger partial charge is 0.161 e. The minimum atomic E-state index is -1.23. The molecule has 84 valence electrons. The van der Waals surface area contributed by atoms with Crippen LogP contribution in [0.25, 0.3) is 0 Å². The van der Waals surface area contributed by atoms with Crippen molar-refractivity contribution in [3.8, 4) is 0 Å². The Balaban J connectivity index is 3.06. The van der Waals surface area contributed by atoms with Gasteiger partial charge < -0.3 is 10.4 Å². The molecule has 5 heteroatoms. The van der Waals surface area contributed by atoms with Crippen molar-refractivity contribution in [2.75, 3.05) is 13.2 Å². The monoisotopic (exact) mass is 219 g/mol. The van der Waals surface area contributed by atoms with Crippen molar-refractivity contribution >= 4 is 0 Å². The summed E-state index contributed by atoms with van der Waals surface area (Å²) in [4.78, 5) is 0. The normalized spacial score (nSPS) is 12.9. The predicted octanol–water partition coefficient (Wildman–Crippen LogP) is 1.75. The molecule has 0 aromatic heterocycles. The molecule has 1 aromatic rings. The van der Waals surface area contributed by atoms with Crippen molar-refractivity contribution in [1.29, 1.82) is 0 Å². The van der Waals surface area contributed by atoms with Crippen LogP contribution in [0.15, 0.2) is 12.1 Å². The topological polar surface area (TPSA) is 32.3 Å². The minimum absolute atomic E-state index is 0.0711. The van der Waals surface area contributed by atoms with Crippen LogP contribution < -0.4 is 5.32 Å². The molecule has 0 radical (unpaired) electrons. The van der Waals surface area contributed by atoms with Gasteiger partial charge in [0.15, 0.2) is 11.6 Å². The van der Waals surface area contributed by atoms with Crippen molar-refractivity contribution in [3.63, 3.8) is 0 Å². The summed E-state index contributed by atoms with van der Waals surface area (Å²) < 4.78 is 38.7. The lowest BCUT2D eigenvalue weighted by atomic mass is 10.1. The lowest BCUT2D eigenvalue weighted by Crippen LogP contribution is -2.25. The van der Waals surface area contributed by atoms with Gasteiger partial charge in [-0.1, -0.05) is 6.92 Å². The number of benzene rings is 1. The number of likely N-dealkylation sites (N-methyl/N-ethyl adjacent to an activating group) is 1. The number of nitrogens with one attached hydrogen (secondary N) is 1. The molecule has 0 saturated heterocycles. The van der Waals surface area contributed by atoms with Crippen molar-refractivity contribution in [2.45, 2.75) is 13.0 Å². The Labute approximate surface area is 85.7 Å². The summed E-state index contributed by atoms with van der Waals surface area (Å²) in [7, 11) is 0. The summed E-state index contributed by atoms with van der Waals surface area (Å²) in [6.45, 7) is 1.87. The Morgan fingerprint density at radius 3 is 2.33 bits per heavy atom. The van der Waals surface area contributed by atoms with Crippen molar-refractivity contribution in [1.82, 2.24) is 5.32 Å². The molecular weight excluding hydrogens is 207 g/mol. The first-order valence-corrected chi connectivity index (χ1v) is 4.58. The third-order valence-electron chi connectivity index (χ3n) is 2.05. The van der Waals surface area contributed by atoms with Crippen LogP contribution in [0.5, 0.6) is 0 Å². The molecule has 0 fully saturated rings. The molecule has 0 heterocycles. The van der Waals surface area contributed by atoms with Crippen LogP contribution in [-0.2, 0) is 0 Å². The average Bonchev–Trinajstić information content (AvgIpc) is 2.20. The van der Waals surface area contributed by atoms with E-state index in [1.807, 2.05) is 0 Å². The highest BCUT2D eigenvalue weighted by Gasteiger charge is 2.17. The number of aliphatic hydroxyl groups excluding tert-OH is 1. The van der Waals surface area contributed by atoms with Crippen LogP contribution in [0.3, 0.4) is 0 Å². The summed E-state index contributed by atoms with van der Waals surface area (Å²) in [5.74, 6) is -3.22. The predicted molar refractivity (Wildman–Crippen MR) is 49.8 cm³/mol. The van der Waals surface area contributed by atoms with E-state index in [2.05, 4.69) is 5.32 Å². The molecule has 1 atom stereocenters. The summed E-state index contributed by atoms with van der Waals surface area (Å²) in [6.07, 6.45) is 0. The lowest BCUT2D eigenvalue weighted by Gasteiger charge is -2.16. The molecule has 1 aromatic carbocycles. The zero-order chi connectivity index (χ0) is 11.4. The van der Waals surface area contributed by atoms with Gasteiger partial charge in [0.1, 0.15) is 5.82 Å². The number of hydrogen-bond acceptors (Lipinski definition) is 2. The molecule has 1 rings (SSSR count). The van der Waals surface area contributed by atoms with Gasteiger partial charge in [0.2, 0.25) is 0 Å². The molecule has 0 aliphatic rings. The zero-order valence-corrected chi connectivity index (χ0v) is 8.23. The van der Waals surface area contributed by atoms with Crippen molar-refractivity contribution in [3.05, 3.63) is 35.1 Å². The number of aliphatic hydroxyl groups is 1. The SMILES string of the molecule is CCNC(CO)c1cc(F)c(F)cc1F. The molecule has 0 amide bonds. The van der Waals surface area contributed by atoms with E-state index in [9.17, 15) is 13.2 Å².